The molecular weight excluding hydrogens is 324 g/mol. The second-order valence-corrected chi connectivity index (χ2v) is 8.19. The molecule has 1 saturated heterocycles. The average Bonchev–Trinajstić information content (AvgIpc) is 3.05. The average molecular weight is 350 g/mol. The van der Waals surface area contributed by atoms with Crippen LogP contribution in [0.2, 0.25) is 5.02 Å². The topological polar surface area (TPSA) is 47.6 Å². The van der Waals surface area contributed by atoms with Gasteiger partial charge in [-0.2, -0.15) is 0 Å². The van der Waals surface area contributed by atoms with Crippen LogP contribution in [-0.4, -0.2) is 30.3 Å². The van der Waals surface area contributed by atoms with E-state index in [0.29, 0.717) is 16.0 Å². The highest BCUT2D eigenvalue weighted by Crippen LogP contribution is 2.37. The normalized spacial score (nSPS) is 22.8. The van der Waals surface area contributed by atoms with Crippen LogP contribution < -0.4 is 10.8 Å². The van der Waals surface area contributed by atoms with Crippen LogP contribution in [0.15, 0.2) is 18.2 Å². The van der Waals surface area contributed by atoms with Crippen molar-refractivity contribution in [2.45, 2.75) is 70.6 Å². The van der Waals surface area contributed by atoms with Crippen molar-refractivity contribution in [3.05, 3.63) is 28.8 Å². The van der Waals surface area contributed by atoms with Gasteiger partial charge in [0, 0.05) is 22.1 Å². The number of nitrogens with one attached hydrogen (secondary N) is 1. The summed E-state index contributed by atoms with van der Waals surface area (Å²) in [6.07, 6.45) is 4.49. The fourth-order valence-corrected chi connectivity index (χ4v) is 3.38. The Balaban J connectivity index is 1.81. The van der Waals surface area contributed by atoms with Gasteiger partial charge in [-0.3, -0.25) is 4.79 Å². The van der Waals surface area contributed by atoms with E-state index in [2.05, 4.69) is 5.32 Å². The molecule has 1 heterocycles. The summed E-state index contributed by atoms with van der Waals surface area (Å²) in [5.74, 6) is -0.0589. The molecule has 1 aliphatic carbocycles. The number of rotatable bonds is 3. The molecular formula is C18H25BClNO3. The zero-order valence-corrected chi connectivity index (χ0v) is 15.6. The fourth-order valence-electron chi connectivity index (χ4n) is 3.17. The van der Waals surface area contributed by atoms with Crippen LogP contribution >= 0.6 is 11.6 Å². The number of halogens is 1. The SMILES string of the molecule is CC1(C)OB(c2cc(C(=O)NC3CCCC3)ccc2Cl)OC1(C)C. The molecule has 1 aromatic carbocycles. The van der Waals surface area contributed by atoms with Crippen molar-refractivity contribution >= 4 is 30.1 Å². The number of benzene rings is 1. The summed E-state index contributed by atoms with van der Waals surface area (Å²) in [6, 6.07) is 5.57. The van der Waals surface area contributed by atoms with Gasteiger partial charge in [0.2, 0.25) is 0 Å². The Morgan fingerprint density at radius 3 is 2.33 bits per heavy atom. The maximum Gasteiger partial charge on any atom is 0.496 e. The van der Waals surface area contributed by atoms with Gasteiger partial charge in [-0.05, 0) is 58.7 Å². The Morgan fingerprint density at radius 2 is 1.75 bits per heavy atom. The zero-order valence-electron chi connectivity index (χ0n) is 14.8. The zero-order chi connectivity index (χ0) is 17.5. The third-order valence-corrected chi connectivity index (χ3v) is 5.80. The van der Waals surface area contributed by atoms with Crippen LogP contribution in [-0.2, 0) is 9.31 Å². The molecule has 0 aromatic heterocycles. The van der Waals surface area contributed by atoms with Crippen LogP contribution in [0.25, 0.3) is 0 Å². The van der Waals surface area contributed by atoms with Crippen molar-refractivity contribution in [3.63, 3.8) is 0 Å². The number of carbonyl (C=O) groups excluding carboxylic acids is 1. The van der Waals surface area contributed by atoms with Gasteiger partial charge in [-0.25, -0.2) is 0 Å². The second-order valence-electron chi connectivity index (χ2n) is 7.78. The lowest BCUT2D eigenvalue weighted by Crippen LogP contribution is -2.41. The summed E-state index contributed by atoms with van der Waals surface area (Å²) in [6.45, 7) is 7.99. The van der Waals surface area contributed by atoms with Crippen LogP contribution in [0.1, 0.15) is 63.7 Å². The number of hydrogen-bond acceptors (Lipinski definition) is 3. The second kappa shape index (κ2) is 6.36. The summed E-state index contributed by atoms with van der Waals surface area (Å²) < 4.78 is 12.1. The third-order valence-electron chi connectivity index (χ3n) is 5.46. The first-order valence-corrected chi connectivity index (χ1v) is 9.03. The Morgan fingerprint density at radius 1 is 1.17 bits per heavy atom. The van der Waals surface area contributed by atoms with Crippen molar-refractivity contribution in [2.24, 2.45) is 0 Å². The number of carbonyl (C=O) groups is 1. The van der Waals surface area contributed by atoms with Gasteiger partial charge >= 0.3 is 7.12 Å². The molecule has 0 radical (unpaired) electrons. The molecule has 130 valence electrons. The number of amides is 1. The van der Waals surface area contributed by atoms with E-state index in [4.69, 9.17) is 20.9 Å². The van der Waals surface area contributed by atoms with Gasteiger partial charge in [0.1, 0.15) is 0 Å². The molecule has 1 aromatic rings. The first-order chi connectivity index (χ1) is 11.2. The van der Waals surface area contributed by atoms with E-state index in [1.807, 2.05) is 27.7 Å². The monoisotopic (exact) mass is 349 g/mol. The molecule has 1 amide bonds. The molecule has 0 unspecified atom stereocenters. The molecule has 1 aliphatic heterocycles. The first kappa shape index (κ1) is 17.8. The van der Waals surface area contributed by atoms with E-state index < -0.39 is 18.3 Å². The molecule has 0 atom stereocenters. The maximum absolute atomic E-state index is 12.5. The molecule has 0 spiro atoms. The van der Waals surface area contributed by atoms with E-state index in [1.54, 1.807) is 18.2 Å². The third kappa shape index (κ3) is 3.35. The van der Waals surface area contributed by atoms with E-state index in [1.165, 1.54) is 12.8 Å². The minimum absolute atomic E-state index is 0.0589. The fraction of sp³-hybridized carbons (Fsp3) is 0.611. The van der Waals surface area contributed by atoms with Gasteiger partial charge in [-0.1, -0.05) is 24.4 Å². The van der Waals surface area contributed by atoms with Crippen molar-refractivity contribution < 1.29 is 14.1 Å². The number of hydrogen-bond donors (Lipinski definition) is 1. The molecule has 24 heavy (non-hydrogen) atoms. The predicted molar refractivity (Wildman–Crippen MR) is 96.9 cm³/mol. The minimum atomic E-state index is -0.568. The standard InChI is InChI=1S/C18H25BClNO3/c1-17(2)18(3,4)24-19(23-17)14-11-12(9-10-15(14)20)16(22)21-13-7-5-6-8-13/h9-11,13H,5-8H2,1-4H3,(H,21,22). The van der Waals surface area contributed by atoms with E-state index in [0.717, 1.165) is 12.8 Å². The van der Waals surface area contributed by atoms with Crippen molar-refractivity contribution in [1.29, 1.82) is 0 Å². The molecule has 6 heteroatoms. The molecule has 3 rings (SSSR count). The summed E-state index contributed by atoms with van der Waals surface area (Å²) in [7, 11) is -0.568. The van der Waals surface area contributed by atoms with Crippen LogP contribution in [0, 0.1) is 0 Å². The smallest absolute Gasteiger partial charge is 0.399 e. The Hall–Kier alpha value is -1.04. The highest BCUT2D eigenvalue weighted by Gasteiger charge is 2.52. The summed E-state index contributed by atoms with van der Waals surface area (Å²) >= 11 is 6.35. The lowest BCUT2D eigenvalue weighted by atomic mass is 9.78. The first-order valence-electron chi connectivity index (χ1n) is 8.65. The molecule has 0 bridgehead atoms. The Bertz CT molecular complexity index is 625. The van der Waals surface area contributed by atoms with Gasteiger partial charge in [0.15, 0.2) is 0 Å². The maximum atomic E-state index is 12.5. The van der Waals surface area contributed by atoms with Crippen molar-refractivity contribution in [1.82, 2.24) is 5.32 Å². The van der Waals surface area contributed by atoms with E-state index in [9.17, 15) is 4.79 Å². The molecule has 2 fully saturated rings. The Kier molecular flexibility index (Phi) is 4.71. The van der Waals surface area contributed by atoms with Gasteiger partial charge in [-0.15, -0.1) is 0 Å². The van der Waals surface area contributed by atoms with Gasteiger partial charge in [0.25, 0.3) is 5.91 Å². The van der Waals surface area contributed by atoms with Gasteiger partial charge < -0.3 is 14.6 Å². The highest BCUT2D eigenvalue weighted by molar-refractivity contribution is 6.65. The van der Waals surface area contributed by atoms with Gasteiger partial charge in [0.05, 0.1) is 11.2 Å². The van der Waals surface area contributed by atoms with Crippen LogP contribution in [0.3, 0.4) is 0 Å². The molecule has 1 N–H and O–H groups in total. The van der Waals surface area contributed by atoms with E-state index >= 15 is 0 Å². The van der Waals surface area contributed by atoms with Crippen LogP contribution in [0.5, 0.6) is 0 Å². The largest absolute Gasteiger partial charge is 0.496 e. The Labute approximate surface area is 149 Å². The summed E-state index contributed by atoms with van der Waals surface area (Å²) in [5, 5.41) is 3.65. The van der Waals surface area contributed by atoms with Crippen molar-refractivity contribution in [2.75, 3.05) is 0 Å². The van der Waals surface area contributed by atoms with E-state index in [-0.39, 0.29) is 11.9 Å². The molecule has 2 aliphatic rings. The molecule has 4 nitrogen and oxygen atoms in total. The minimum Gasteiger partial charge on any atom is -0.399 e. The predicted octanol–water partition coefficient (Wildman–Crippen LogP) is 3.31. The quantitative estimate of drug-likeness (QED) is 0.852. The van der Waals surface area contributed by atoms with Crippen molar-refractivity contribution in [3.8, 4) is 0 Å². The highest BCUT2D eigenvalue weighted by atomic mass is 35.5. The van der Waals surface area contributed by atoms with Crippen LogP contribution in [0.4, 0.5) is 0 Å². The summed E-state index contributed by atoms with van der Waals surface area (Å²) in [4.78, 5) is 12.5. The summed E-state index contributed by atoms with van der Waals surface area (Å²) in [5.41, 5.74) is 0.414. The lowest BCUT2D eigenvalue weighted by Gasteiger charge is -2.32. The molecule has 1 saturated carbocycles. The lowest BCUT2D eigenvalue weighted by molar-refractivity contribution is 0.00578.